The van der Waals surface area contributed by atoms with Crippen molar-refractivity contribution in [2.75, 3.05) is 0 Å². The summed E-state index contributed by atoms with van der Waals surface area (Å²) in [5, 5.41) is 8.29. The van der Waals surface area contributed by atoms with Crippen molar-refractivity contribution in [2.45, 2.75) is 25.8 Å². The number of hydrogen-bond acceptors (Lipinski definition) is 2. The first-order valence-electron chi connectivity index (χ1n) is 3.14. The molecule has 0 aromatic rings. The molecule has 3 nitrogen and oxygen atoms in total. The summed E-state index contributed by atoms with van der Waals surface area (Å²) in [6.07, 6.45) is 0.610. The minimum absolute atomic E-state index is 0.0207. The van der Waals surface area contributed by atoms with Crippen LogP contribution in [0.4, 0.5) is 0 Å². The van der Waals surface area contributed by atoms with Crippen molar-refractivity contribution in [1.82, 2.24) is 0 Å². The molecule has 0 spiro atoms. The molecule has 0 aromatic carbocycles. The van der Waals surface area contributed by atoms with Gasteiger partial charge in [-0.3, -0.25) is 4.79 Å². The van der Waals surface area contributed by atoms with Crippen molar-refractivity contribution in [3.8, 4) is 0 Å². The van der Waals surface area contributed by atoms with E-state index in [0.29, 0.717) is 6.42 Å². The first kappa shape index (κ1) is 9.17. The summed E-state index contributed by atoms with van der Waals surface area (Å²) in [7, 11) is 0. The first-order valence-corrected chi connectivity index (χ1v) is 3.14. The van der Waals surface area contributed by atoms with E-state index in [-0.39, 0.29) is 12.5 Å². The van der Waals surface area contributed by atoms with Crippen LogP contribution in [-0.4, -0.2) is 17.1 Å². The Morgan fingerprint density at radius 1 is 1.70 bits per heavy atom. The highest BCUT2D eigenvalue weighted by Gasteiger charge is 2.06. The summed E-state index contributed by atoms with van der Waals surface area (Å²) in [5.74, 6) is -0.853. The van der Waals surface area contributed by atoms with Crippen LogP contribution < -0.4 is 5.73 Å². The molecule has 10 heavy (non-hydrogen) atoms. The maximum Gasteiger partial charge on any atom is 0.304 e. The minimum Gasteiger partial charge on any atom is -0.481 e. The van der Waals surface area contributed by atoms with Gasteiger partial charge >= 0.3 is 5.97 Å². The Balaban J connectivity index is 3.53. The fourth-order valence-corrected chi connectivity index (χ4v) is 0.744. The summed E-state index contributed by atoms with van der Waals surface area (Å²) >= 11 is 0. The number of rotatable bonds is 4. The van der Waals surface area contributed by atoms with Crippen molar-refractivity contribution in [3.05, 3.63) is 12.2 Å². The van der Waals surface area contributed by atoms with E-state index in [0.717, 1.165) is 5.57 Å². The van der Waals surface area contributed by atoms with Crippen molar-refractivity contribution in [3.63, 3.8) is 0 Å². The minimum atomic E-state index is -0.853. The topological polar surface area (TPSA) is 63.3 Å². The zero-order chi connectivity index (χ0) is 8.15. The highest BCUT2D eigenvalue weighted by molar-refractivity contribution is 5.67. The van der Waals surface area contributed by atoms with Gasteiger partial charge in [0, 0.05) is 6.04 Å². The molecule has 3 heteroatoms. The number of aliphatic carboxylic acids is 1. The molecule has 0 radical (unpaired) electrons. The molecular weight excluding hydrogens is 130 g/mol. The van der Waals surface area contributed by atoms with E-state index < -0.39 is 5.97 Å². The van der Waals surface area contributed by atoms with Crippen LogP contribution >= 0.6 is 0 Å². The molecule has 0 fully saturated rings. The smallest absolute Gasteiger partial charge is 0.304 e. The number of hydrogen-bond donors (Lipinski definition) is 2. The lowest BCUT2D eigenvalue weighted by molar-refractivity contribution is -0.137. The van der Waals surface area contributed by atoms with Crippen molar-refractivity contribution < 1.29 is 9.90 Å². The standard InChI is InChI=1S/C7H13NO2/c1-5(2)3-6(8)4-7(9)10/h6H,1,3-4,8H2,2H3,(H,9,10). The molecule has 0 saturated heterocycles. The molecule has 3 N–H and O–H groups in total. The Morgan fingerprint density at radius 2 is 2.20 bits per heavy atom. The van der Waals surface area contributed by atoms with Gasteiger partial charge in [-0.2, -0.15) is 0 Å². The second-order valence-corrected chi connectivity index (χ2v) is 2.52. The van der Waals surface area contributed by atoms with Crippen molar-refractivity contribution >= 4 is 5.97 Å². The molecule has 0 heterocycles. The molecule has 0 bridgehead atoms. The lowest BCUT2D eigenvalue weighted by Crippen LogP contribution is -2.23. The maximum absolute atomic E-state index is 10.1. The Morgan fingerprint density at radius 3 is 2.50 bits per heavy atom. The van der Waals surface area contributed by atoms with Gasteiger partial charge in [-0.25, -0.2) is 0 Å². The lowest BCUT2D eigenvalue weighted by Gasteiger charge is -2.06. The van der Waals surface area contributed by atoms with Crippen LogP contribution in [0.15, 0.2) is 12.2 Å². The van der Waals surface area contributed by atoms with Gasteiger partial charge in [0.2, 0.25) is 0 Å². The number of carbonyl (C=O) groups is 1. The Bertz CT molecular complexity index is 127. The van der Waals surface area contributed by atoms with Gasteiger partial charge in [0.05, 0.1) is 6.42 Å². The molecule has 1 atom stereocenters. The van der Waals surface area contributed by atoms with Gasteiger partial charge in [-0.1, -0.05) is 5.57 Å². The highest BCUT2D eigenvalue weighted by atomic mass is 16.4. The van der Waals surface area contributed by atoms with E-state index >= 15 is 0 Å². The molecule has 0 rings (SSSR count). The second-order valence-electron chi connectivity index (χ2n) is 2.52. The van der Waals surface area contributed by atoms with E-state index in [1.807, 2.05) is 6.92 Å². The molecular formula is C7H13NO2. The largest absolute Gasteiger partial charge is 0.481 e. The monoisotopic (exact) mass is 143 g/mol. The second kappa shape index (κ2) is 4.06. The van der Waals surface area contributed by atoms with E-state index in [4.69, 9.17) is 10.8 Å². The van der Waals surface area contributed by atoms with Gasteiger partial charge in [-0.05, 0) is 13.3 Å². The third kappa shape index (κ3) is 5.31. The van der Waals surface area contributed by atoms with Gasteiger partial charge < -0.3 is 10.8 Å². The summed E-state index contributed by atoms with van der Waals surface area (Å²) in [6.45, 7) is 5.46. The van der Waals surface area contributed by atoms with Crippen LogP contribution in [-0.2, 0) is 4.79 Å². The predicted molar refractivity (Wildman–Crippen MR) is 39.7 cm³/mol. The molecule has 0 aliphatic carbocycles. The van der Waals surface area contributed by atoms with Crippen LogP contribution in [0, 0.1) is 0 Å². The molecule has 0 aromatic heterocycles. The summed E-state index contributed by atoms with van der Waals surface area (Å²) in [4.78, 5) is 10.1. The zero-order valence-corrected chi connectivity index (χ0v) is 6.13. The van der Waals surface area contributed by atoms with Crippen molar-refractivity contribution in [1.29, 1.82) is 0 Å². The van der Waals surface area contributed by atoms with E-state index in [1.54, 1.807) is 0 Å². The van der Waals surface area contributed by atoms with Crippen molar-refractivity contribution in [2.24, 2.45) is 5.73 Å². The van der Waals surface area contributed by atoms with Crippen LogP contribution in [0.3, 0.4) is 0 Å². The molecule has 1 unspecified atom stereocenters. The third-order valence-electron chi connectivity index (χ3n) is 1.05. The molecule has 0 aliphatic rings. The first-order chi connectivity index (χ1) is 4.52. The number of carboxylic acid groups (broad SMARTS) is 1. The van der Waals surface area contributed by atoms with Gasteiger partial charge in [-0.15, -0.1) is 6.58 Å². The summed E-state index contributed by atoms with van der Waals surface area (Å²) in [5.41, 5.74) is 6.36. The SMILES string of the molecule is C=C(C)CC(N)CC(=O)O. The Hall–Kier alpha value is -0.830. The average Bonchev–Trinajstić information content (AvgIpc) is 1.58. The predicted octanol–water partition coefficient (Wildman–Crippen LogP) is 0.755. The number of nitrogens with two attached hydrogens (primary N) is 1. The molecule has 0 amide bonds. The summed E-state index contributed by atoms with van der Waals surface area (Å²) < 4.78 is 0. The van der Waals surface area contributed by atoms with E-state index in [9.17, 15) is 4.79 Å². The fraction of sp³-hybridized carbons (Fsp3) is 0.571. The Labute approximate surface area is 60.5 Å². The summed E-state index contributed by atoms with van der Waals surface area (Å²) in [6, 6.07) is -0.282. The van der Waals surface area contributed by atoms with Crippen LogP contribution in [0.2, 0.25) is 0 Å². The normalized spacial score (nSPS) is 12.6. The maximum atomic E-state index is 10.1. The number of carboxylic acids is 1. The van der Waals surface area contributed by atoms with Crippen LogP contribution in [0.1, 0.15) is 19.8 Å². The van der Waals surface area contributed by atoms with Crippen LogP contribution in [0.25, 0.3) is 0 Å². The van der Waals surface area contributed by atoms with Gasteiger partial charge in [0.15, 0.2) is 0 Å². The van der Waals surface area contributed by atoms with Crippen LogP contribution in [0.5, 0.6) is 0 Å². The Kier molecular flexibility index (Phi) is 3.72. The quantitative estimate of drug-likeness (QED) is 0.571. The van der Waals surface area contributed by atoms with E-state index in [2.05, 4.69) is 6.58 Å². The van der Waals surface area contributed by atoms with Gasteiger partial charge in [0.1, 0.15) is 0 Å². The molecule has 0 aliphatic heterocycles. The van der Waals surface area contributed by atoms with E-state index in [1.165, 1.54) is 0 Å². The average molecular weight is 143 g/mol. The molecule has 0 saturated carbocycles. The fourth-order valence-electron chi connectivity index (χ4n) is 0.744. The lowest BCUT2D eigenvalue weighted by atomic mass is 10.1. The third-order valence-corrected chi connectivity index (χ3v) is 1.05. The highest BCUT2D eigenvalue weighted by Crippen LogP contribution is 2.02. The zero-order valence-electron chi connectivity index (χ0n) is 6.13. The van der Waals surface area contributed by atoms with Gasteiger partial charge in [0.25, 0.3) is 0 Å². The molecule has 58 valence electrons.